The van der Waals surface area contributed by atoms with Crippen LogP contribution in [0.5, 0.6) is 5.75 Å². The van der Waals surface area contributed by atoms with Gasteiger partial charge in [-0.1, -0.05) is 30.3 Å². The van der Waals surface area contributed by atoms with Crippen molar-refractivity contribution in [2.24, 2.45) is 4.99 Å². The summed E-state index contributed by atoms with van der Waals surface area (Å²) in [6, 6.07) is 18.2. The highest BCUT2D eigenvalue weighted by Crippen LogP contribution is 2.32. The van der Waals surface area contributed by atoms with Crippen molar-refractivity contribution in [3.63, 3.8) is 0 Å². The number of pyridine rings is 1. The number of aliphatic imine (C=N–C) groups is 1. The van der Waals surface area contributed by atoms with E-state index < -0.39 is 6.17 Å². The van der Waals surface area contributed by atoms with Gasteiger partial charge in [-0.2, -0.15) is 0 Å². The van der Waals surface area contributed by atoms with Gasteiger partial charge in [-0.3, -0.25) is 19.7 Å². The number of alkyl halides is 1. The van der Waals surface area contributed by atoms with Crippen LogP contribution in [0.15, 0.2) is 65.8 Å². The molecule has 2 saturated heterocycles. The van der Waals surface area contributed by atoms with Crippen LogP contribution in [-0.2, 0) is 11.4 Å². The third kappa shape index (κ3) is 6.07. The lowest BCUT2D eigenvalue weighted by molar-refractivity contribution is -0.132. The van der Waals surface area contributed by atoms with Crippen molar-refractivity contribution in [3.8, 4) is 5.75 Å². The lowest BCUT2D eigenvalue weighted by Crippen LogP contribution is -2.47. The van der Waals surface area contributed by atoms with E-state index in [0.717, 1.165) is 53.8 Å². The number of carbonyl (C=O) groups excluding carboxylic acids is 1. The fourth-order valence-electron chi connectivity index (χ4n) is 5.27. The van der Waals surface area contributed by atoms with Crippen LogP contribution in [0.4, 0.5) is 10.1 Å². The molecule has 2 fully saturated rings. The number of piperidine rings is 1. The first-order valence-electron chi connectivity index (χ1n) is 13.0. The molecule has 7 nitrogen and oxygen atoms in total. The van der Waals surface area contributed by atoms with Crippen LogP contribution in [0.3, 0.4) is 0 Å². The van der Waals surface area contributed by atoms with Crippen molar-refractivity contribution in [2.75, 3.05) is 38.5 Å². The molecule has 0 bridgehead atoms. The molecule has 0 saturated carbocycles. The van der Waals surface area contributed by atoms with Crippen LogP contribution in [0.2, 0.25) is 0 Å². The van der Waals surface area contributed by atoms with E-state index in [-0.39, 0.29) is 18.5 Å². The molecule has 37 heavy (non-hydrogen) atoms. The maximum absolute atomic E-state index is 13.9. The van der Waals surface area contributed by atoms with Gasteiger partial charge in [0.2, 0.25) is 5.91 Å². The predicted molar refractivity (Wildman–Crippen MR) is 145 cm³/mol. The number of amides is 1. The minimum atomic E-state index is -0.971. The second kappa shape index (κ2) is 11.7. The summed E-state index contributed by atoms with van der Waals surface area (Å²) in [5, 5.41) is 4.73. The highest BCUT2D eigenvalue weighted by molar-refractivity contribution is 5.95. The Bertz CT molecular complexity index is 1230. The number of nitrogens with zero attached hydrogens (tertiary/aromatic N) is 4. The molecule has 2 aliphatic heterocycles. The van der Waals surface area contributed by atoms with E-state index in [4.69, 9.17) is 4.74 Å². The Morgan fingerprint density at radius 1 is 1.16 bits per heavy atom. The van der Waals surface area contributed by atoms with Crippen molar-refractivity contribution < 1.29 is 13.9 Å². The standard InChI is InChI=1S/C29H34FN5O2/c1-31-17-24-16-22(30)18-35(24)28(36)19-34-14-11-23(12-15-34)33-26-9-10-27(29-25(26)8-5-13-32-29)37-20-21-6-3-2-4-7-21/h2-10,13,17,22-24,33H,11-12,14-16,18-20H2,1H3/t22-,24-/m0/s1. The second-order valence-corrected chi connectivity index (χ2v) is 9.83. The second-order valence-electron chi connectivity index (χ2n) is 9.83. The first-order valence-corrected chi connectivity index (χ1v) is 13.0. The molecule has 1 aromatic heterocycles. The largest absolute Gasteiger partial charge is 0.487 e. The number of aromatic nitrogens is 1. The summed E-state index contributed by atoms with van der Waals surface area (Å²) in [6.45, 7) is 2.62. The summed E-state index contributed by atoms with van der Waals surface area (Å²) in [5.41, 5.74) is 2.99. The lowest BCUT2D eigenvalue weighted by Gasteiger charge is -2.34. The first kappa shape index (κ1) is 25.1. The van der Waals surface area contributed by atoms with E-state index in [1.54, 1.807) is 24.4 Å². The van der Waals surface area contributed by atoms with Crippen molar-refractivity contribution in [1.29, 1.82) is 0 Å². The van der Waals surface area contributed by atoms with E-state index in [1.165, 1.54) is 0 Å². The van der Waals surface area contributed by atoms with Crippen LogP contribution in [-0.4, -0.2) is 78.4 Å². The molecule has 2 atom stereocenters. The molecule has 3 heterocycles. The molecule has 3 aromatic rings. The van der Waals surface area contributed by atoms with E-state index in [1.807, 2.05) is 42.5 Å². The van der Waals surface area contributed by atoms with Gasteiger partial charge in [0.1, 0.15) is 24.0 Å². The number of benzene rings is 2. The van der Waals surface area contributed by atoms with Crippen molar-refractivity contribution in [2.45, 2.75) is 44.1 Å². The van der Waals surface area contributed by atoms with E-state index in [2.05, 4.69) is 32.3 Å². The molecule has 1 amide bonds. The number of hydrogen-bond donors (Lipinski definition) is 1. The zero-order valence-corrected chi connectivity index (χ0v) is 21.2. The van der Waals surface area contributed by atoms with Crippen molar-refractivity contribution >= 4 is 28.7 Å². The monoisotopic (exact) mass is 503 g/mol. The van der Waals surface area contributed by atoms with E-state index in [9.17, 15) is 9.18 Å². The van der Waals surface area contributed by atoms with Gasteiger partial charge in [-0.25, -0.2) is 4.39 Å². The van der Waals surface area contributed by atoms with E-state index >= 15 is 0 Å². The highest BCUT2D eigenvalue weighted by Gasteiger charge is 2.35. The van der Waals surface area contributed by atoms with Crippen LogP contribution in [0.25, 0.3) is 10.9 Å². The quantitative estimate of drug-likeness (QED) is 0.464. The number of halogens is 1. The predicted octanol–water partition coefficient (Wildman–Crippen LogP) is 4.33. The minimum absolute atomic E-state index is 0.0142. The SMILES string of the molecule is CN=C[C@@H]1C[C@H](F)CN1C(=O)CN1CCC(Nc2ccc(OCc3ccccc3)c3ncccc23)CC1. The molecule has 194 valence electrons. The van der Waals surface area contributed by atoms with Crippen LogP contribution < -0.4 is 10.1 Å². The van der Waals surface area contributed by atoms with Gasteiger partial charge in [-0.15, -0.1) is 0 Å². The Morgan fingerprint density at radius 2 is 1.97 bits per heavy atom. The number of likely N-dealkylation sites (tertiary alicyclic amines) is 2. The average Bonchev–Trinajstić information content (AvgIpc) is 3.30. The topological polar surface area (TPSA) is 70.1 Å². The fourth-order valence-corrected chi connectivity index (χ4v) is 5.27. The summed E-state index contributed by atoms with van der Waals surface area (Å²) < 4.78 is 20.0. The molecule has 0 spiro atoms. The van der Waals surface area contributed by atoms with Gasteiger partial charge in [0.25, 0.3) is 0 Å². The Labute approximate surface area is 217 Å². The van der Waals surface area contributed by atoms with Gasteiger partial charge >= 0.3 is 0 Å². The molecule has 5 rings (SSSR count). The number of nitrogens with one attached hydrogen (secondary N) is 1. The Hall–Kier alpha value is -3.52. The number of ether oxygens (including phenoxy) is 1. The zero-order valence-electron chi connectivity index (χ0n) is 21.2. The van der Waals surface area contributed by atoms with Crippen LogP contribution in [0, 0.1) is 0 Å². The molecular formula is C29H34FN5O2. The molecule has 2 aliphatic rings. The Morgan fingerprint density at radius 3 is 2.76 bits per heavy atom. The molecule has 0 aliphatic carbocycles. The molecule has 0 unspecified atom stereocenters. The van der Waals surface area contributed by atoms with Gasteiger partial charge in [0, 0.05) is 56.1 Å². The molecule has 8 heteroatoms. The number of hydrogen-bond acceptors (Lipinski definition) is 6. The number of anilines is 1. The normalized spacial score (nSPS) is 21.1. The fraction of sp³-hybridized carbons (Fsp3) is 0.414. The summed E-state index contributed by atoms with van der Waals surface area (Å²) in [4.78, 5) is 25.3. The number of carbonyl (C=O) groups is 1. The highest BCUT2D eigenvalue weighted by atomic mass is 19.1. The Balaban J connectivity index is 1.18. The maximum atomic E-state index is 13.9. The third-order valence-electron chi connectivity index (χ3n) is 7.21. The van der Waals surface area contributed by atoms with Crippen molar-refractivity contribution in [3.05, 3.63) is 66.4 Å². The van der Waals surface area contributed by atoms with Gasteiger partial charge in [0.05, 0.1) is 19.1 Å². The molecular weight excluding hydrogens is 469 g/mol. The van der Waals surface area contributed by atoms with Crippen molar-refractivity contribution in [1.82, 2.24) is 14.8 Å². The van der Waals surface area contributed by atoms with Gasteiger partial charge < -0.3 is 15.0 Å². The lowest BCUT2D eigenvalue weighted by atomic mass is 10.0. The summed E-state index contributed by atoms with van der Waals surface area (Å²) >= 11 is 0. The maximum Gasteiger partial charge on any atom is 0.237 e. The van der Waals surface area contributed by atoms with Gasteiger partial charge in [0.15, 0.2) is 0 Å². The summed E-state index contributed by atoms with van der Waals surface area (Å²) in [5.74, 6) is 0.752. The van der Waals surface area contributed by atoms with E-state index in [0.29, 0.717) is 25.6 Å². The molecule has 2 aromatic carbocycles. The summed E-state index contributed by atoms with van der Waals surface area (Å²) in [6.07, 6.45) is 4.69. The van der Waals surface area contributed by atoms with Gasteiger partial charge in [-0.05, 0) is 42.7 Å². The third-order valence-corrected chi connectivity index (χ3v) is 7.21. The van der Waals surface area contributed by atoms with Crippen LogP contribution in [0.1, 0.15) is 24.8 Å². The smallest absolute Gasteiger partial charge is 0.237 e. The number of fused-ring (bicyclic) bond motifs is 1. The zero-order chi connectivity index (χ0) is 25.6. The Kier molecular flexibility index (Phi) is 7.94. The molecule has 1 N–H and O–H groups in total. The van der Waals surface area contributed by atoms with Crippen LogP contribution >= 0.6 is 0 Å². The first-order chi connectivity index (χ1) is 18.1. The molecule has 0 radical (unpaired) electrons. The summed E-state index contributed by atoms with van der Waals surface area (Å²) in [7, 11) is 1.66. The minimum Gasteiger partial charge on any atom is -0.487 e. The number of rotatable bonds is 8. The average molecular weight is 504 g/mol.